The summed E-state index contributed by atoms with van der Waals surface area (Å²) in [6, 6.07) is 5.34. The van der Waals surface area contributed by atoms with Crippen LogP contribution in [0.1, 0.15) is 12.1 Å². The number of carbonyl (C=O) groups excluding carboxylic acids is 1. The van der Waals surface area contributed by atoms with E-state index in [1.807, 2.05) is 0 Å². The van der Waals surface area contributed by atoms with Crippen molar-refractivity contribution in [3.8, 4) is 0 Å². The maximum atomic E-state index is 11.4. The van der Waals surface area contributed by atoms with Gasteiger partial charge >= 0.3 is 6.09 Å². The zero-order chi connectivity index (χ0) is 12.0. The number of rotatable bonds is 5. The van der Waals surface area contributed by atoms with E-state index in [0.29, 0.717) is 10.3 Å². The third-order valence-electron chi connectivity index (χ3n) is 1.83. The molecule has 0 aliphatic carbocycles. The number of halogens is 1. The average Bonchev–Trinajstić information content (AvgIpc) is 2.16. The van der Waals surface area contributed by atoms with Crippen LogP contribution in [0.25, 0.3) is 0 Å². The lowest BCUT2D eigenvalue weighted by Crippen LogP contribution is -2.24. The number of Topliss-reactive ketones (excluding diaryl/α,β-unsaturated/α-hetero) is 1. The van der Waals surface area contributed by atoms with Crippen molar-refractivity contribution in [2.45, 2.75) is 12.8 Å². The number of pyridine rings is 1. The predicted molar refractivity (Wildman–Crippen MR) is 61.3 cm³/mol. The minimum Gasteiger partial charge on any atom is -0.465 e. The third kappa shape index (κ3) is 4.88. The monoisotopic (exact) mass is 286 g/mol. The summed E-state index contributed by atoms with van der Waals surface area (Å²) in [5, 5.41) is 10.5. The van der Waals surface area contributed by atoms with Gasteiger partial charge in [0.1, 0.15) is 10.4 Å². The molecule has 0 aliphatic rings. The molecule has 1 aromatic rings. The van der Waals surface area contributed by atoms with E-state index in [1.54, 1.807) is 18.2 Å². The van der Waals surface area contributed by atoms with Crippen LogP contribution >= 0.6 is 15.9 Å². The molecular formula is C10H11BrN2O3. The van der Waals surface area contributed by atoms with Crippen LogP contribution in [0.15, 0.2) is 22.8 Å². The molecule has 1 rings (SSSR count). The van der Waals surface area contributed by atoms with Crippen molar-refractivity contribution in [2.24, 2.45) is 0 Å². The van der Waals surface area contributed by atoms with Crippen LogP contribution in [0.2, 0.25) is 0 Å². The summed E-state index contributed by atoms with van der Waals surface area (Å²) >= 11 is 3.21. The molecule has 0 saturated carbocycles. The predicted octanol–water partition coefficient (Wildman–Crippen LogP) is 1.61. The van der Waals surface area contributed by atoms with Crippen molar-refractivity contribution in [3.05, 3.63) is 28.5 Å². The van der Waals surface area contributed by atoms with E-state index in [9.17, 15) is 9.59 Å². The van der Waals surface area contributed by atoms with Crippen LogP contribution in [0.4, 0.5) is 4.79 Å². The van der Waals surface area contributed by atoms with Crippen LogP contribution in [-0.2, 0) is 11.2 Å². The standard InChI is InChI=1S/C10H11BrN2O3/c11-9-3-1-2-7(13-9)6-8(14)4-5-12-10(15)16/h1-3,12H,4-6H2,(H,15,16). The first-order valence-electron chi connectivity index (χ1n) is 4.68. The van der Waals surface area contributed by atoms with Crippen LogP contribution in [0.5, 0.6) is 0 Å². The van der Waals surface area contributed by atoms with Crippen LogP contribution in [0, 0.1) is 0 Å². The summed E-state index contributed by atoms with van der Waals surface area (Å²) in [4.78, 5) is 25.7. The van der Waals surface area contributed by atoms with Crippen molar-refractivity contribution in [1.29, 1.82) is 0 Å². The van der Waals surface area contributed by atoms with Gasteiger partial charge in [-0.3, -0.25) is 4.79 Å². The molecule has 86 valence electrons. The molecular weight excluding hydrogens is 276 g/mol. The lowest BCUT2D eigenvalue weighted by Gasteiger charge is -2.01. The Bertz CT molecular complexity index is 395. The fourth-order valence-electron chi connectivity index (χ4n) is 1.15. The van der Waals surface area contributed by atoms with Gasteiger partial charge in [-0.1, -0.05) is 6.07 Å². The van der Waals surface area contributed by atoms with Gasteiger partial charge in [0.15, 0.2) is 0 Å². The fourth-order valence-corrected chi connectivity index (χ4v) is 1.53. The number of hydrogen-bond donors (Lipinski definition) is 2. The Balaban J connectivity index is 2.37. The molecule has 16 heavy (non-hydrogen) atoms. The first-order valence-corrected chi connectivity index (χ1v) is 5.47. The van der Waals surface area contributed by atoms with E-state index in [0.717, 1.165) is 0 Å². The Hall–Kier alpha value is -1.43. The first kappa shape index (κ1) is 12.6. The second kappa shape index (κ2) is 6.22. The molecule has 6 heteroatoms. The molecule has 2 N–H and O–H groups in total. The van der Waals surface area contributed by atoms with Crippen LogP contribution in [0.3, 0.4) is 0 Å². The Morgan fingerprint density at radius 2 is 2.19 bits per heavy atom. The van der Waals surface area contributed by atoms with Gasteiger partial charge in [0.2, 0.25) is 0 Å². The maximum Gasteiger partial charge on any atom is 0.404 e. The van der Waals surface area contributed by atoms with Crippen molar-refractivity contribution in [3.63, 3.8) is 0 Å². The number of nitrogens with one attached hydrogen (secondary N) is 1. The summed E-state index contributed by atoms with van der Waals surface area (Å²) in [5.74, 6) is -0.0423. The van der Waals surface area contributed by atoms with Gasteiger partial charge < -0.3 is 10.4 Å². The number of amides is 1. The molecule has 0 fully saturated rings. The highest BCUT2D eigenvalue weighted by Crippen LogP contribution is 2.07. The number of nitrogens with zero attached hydrogens (tertiary/aromatic N) is 1. The van der Waals surface area contributed by atoms with Gasteiger partial charge in [-0.15, -0.1) is 0 Å². The zero-order valence-corrected chi connectivity index (χ0v) is 10.0. The average molecular weight is 287 g/mol. The van der Waals surface area contributed by atoms with E-state index in [4.69, 9.17) is 5.11 Å². The summed E-state index contributed by atoms with van der Waals surface area (Å²) in [6.45, 7) is 0.141. The highest BCUT2D eigenvalue weighted by atomic mass is 79.9. The molecule has 0 aromatic carbocycles. The largest absolute Gasteiger partial charge is 0.465 e. The molecule has 1 heterocycles. The quantitative estimate of drug-likeness (QED) is 0.806. The highest BCUT2D eigenvalue weighted by molar-refractivity contribution is 9.10. The van der Waals surface area contributed by atoms with Crippen molar-refractivity contribution in [1.82, 2.24) is 10.3 Å². The van der Waals surface area contributed by atoms with E-state index in [1.165, 1.54) is 0 Å². The lowest BCUT2D eigenvalue weighted by molar-refractivity contribution is -0.118. The minimum atomic E-state index is -1.12. The second-order valence-electron chi connectivity index (χ2n) is 3.15. The molecule has 1 amide bonds. The lowest BCUT2D eigenvalue weighted by atomic mass is 10.1. The Labute approximate surface area is 101 Å². The van der Waals surface area contributed by atoms with Gasteiger partial charge in [-0.2, -0.15) is 0 Å². The SMILES string of the molecule is O=C(CCNC(=O)O)Cc1cccc(Br)n1. The molecule has 0 saturated heterocycles. The highest BCUT2D eigenvalue weighted by Gasteiger charge is 2.05. The number of aromatic nitrogens is 1. The fraction of sp³-hybridized carbons (Fsp3) is 0.300. The Morgan fingerprint density at radius 1 is 1.44 bits per heavy atom. The van der Waals surface area contributed by atoms with Crippen LogP contribution in [-0.4, -0.2) is 28.5 Å². The van der Waals surface area contributed by atoms with E-state index in [2.05, 4.69) is 26.2 Å². The van der Waals surface area contributed by atoms with Gasteiger partial charge in [-0.25, -0.2) is 9.78 Å². The molecule has 0 radical (unpaired) electrons. The molecule has 0 aliphatic heterocycles. The van der Waals surface area contributed by atoms with Crippen LogP contribution < -0.4 is 5.32 Å². The Morgan fingerprint density at radius 3 is 2.81 bits per heavy atom. The van der Waals surface area contributed by atoms with E-state index < -0.39 is 6.09 Å². The van der Waals surface area contributed by atoms with Gasteiger partial charge in [0.25, 0.3) is 0 Å². The number of carbonyl (C=O) groups is 2. The molecule has 0 unspecified atom stereocenters. The maximum absolute atomic E-state index is 11.4. The third-order valence-corrected chi connectivity index (χ3v) is 2.27. The van der Waals surface area contributed by atoms with Gasteiger partial charge in [0.05, 0.1) is 0 Å². The molecule has 1 aromatic heterocycles. The second-order valence-corrected chi connectivity index (χ2v) is 3.96. The van der Waals surface area contributed by atoms with E-state index in [-0.39, 0.29) is 25.2 Å². The smallest absolute Gasteiger partial charge is 0.404 e. The first-order chi connectivity index (χ1) is 7.58. The minimum absolute atomic E-state index is 0.0423. The number of ketones is 1. The molecule has 0 bridgehead atoms. The van der Waals surface area contributed by atoms with Crippen molar-refractivity contribution >= 4 is 27.8 Å². The van der Waals surface area contributed by atoms with E-state index >= 15 is 0 Å². The normalized spacial score (nSPS) is 9.81. The van der Waals surface area contributed by atoms with Gasteiger partial charge in [-0.05, 0) is 28.1 Å². The summed E-state index contributed by atoms with van der Waals surface area (Å²) < 4.78 is 0.682. The zero-order valence-electron chi connectivity index (χ0n) is 8.44. The summed E-state index contributed by atoms with van der Waals surface area (Å²) in [7, 11) is 0. The van der Waals surface area contributed by atoms with Crippen molar-refractivity contribution in [2.75, 3.05) is 6.54 Å². The topological polar surface area (TPSA) is 79.3 Å². The Kier molecular flexibility index (Phi) is 4.91. The summed E-state index contributed by atoms with van der Waals surface area (Å²) in [6.07, 6.45) is -0.713. The number of hydrogen-bond acceptors (Lipinski definition) is 3. The molecule has 5 nitrogen and oxygen atoms in total. The number of carboxylic acid groups (broad SMARTS) is 1. The molecule has 0 spiro atoms. The van der Waals surface area contributed by atoms with Crippen molar-refractivity contribution < 1.29 is 14.7 Å². The summed E-state index contributed by atoms with van der Waals surface area (Å²) in [5.41, 5.74) is 0.676. The van der Waals surface area contributed by atoms with Gasteiger partial charge in [0, 0.05) is 25.1 Å². The molecule has 0 atom stereocenters.